The normalized spacial score (nSPS) is 45.2. The third kappa shape index (κ3) is 4.70. The lowest BCUT2D eigenvalue weighted by molar-refractivity contribution is -0.126. The van der Waals surface area contributed by atoms with Crippen LogP contribution in [0.1, 0.15) is 112 Å². The Morgan fingerprint density at radius 2 is 1.56 bits per heavy atom. The highest BCUT2D eigenvalue weighted by atomic mass is 32.2. The molecule has 0 N–H and O–H groups in total. The molecule has 0 aromatic carbocycles. The van der Waals surface area contributed by atoms with Crippen molar-refractivity contribution in [2.75, 3.05) is 6.26 Å². The fraction of sp³-hybridized carbons (Fsp3) is 1.00. The zero-order valence-electron chi connectivity index (χ0n) is 21.7. The van der Waals surface area contributed by atoms with Crippen LogP contribution in [0.4, 0.5) is 0 Å². The first-order chi connectivity index (χ1) is 14.9. The molecule has 0 radical (unpaired) electrons. The van der Waals surface area contributed by atoms with Crippen LogP contribution in [0.3, 0.4) is 0 Å². The van der Waals surface area contributed by atoms with Crippen molar-refractivity contribution in [3.63, 3.8) is 0 Å². The van der Waals surface area contributed by atoms with Gasteiger partial charge in [-0.3, -0.25) is 4.18 Å². The largest absolute Gasteiger partial charge is 0.267 e. The molecule has 0 bridgehead atoms. The van der Waals surface area contributed by atoms with Gasteiger partial charge in [0.2, 0.25) is 0 Å². The monoisotopic (exact) mass is 466 g/mol. The van der Waals surface area contributed by atoms with E-state index in [-0.39, 0.29) is 6.10 Å². The summed E-state index contributed by atoms with van der Waals surface area (Å²) in [5.41, 5.74) is 0.945. The second-order valence-electron chi connectivity index (χ2n) is 13.4. The lowest BCUT2D eigenvalue weighted by atomic mass is 9.44. The standard InChI is InChI=1S/C28H50O3S/c1-19(2)8-7-9-20(3)24-12-13-25-23-11-10-21-18-22(31-32(6,29)30)14-16-27(21,4)26(23)15-17-28(24,25)5/h19-26H,7-18H2,1-6H3/t20-,21+,22-,23-,24+,25-,26-,27-,28+/m0/s1. The van der Waals surface area contributed by atoms with Crippen LogP contribution in [0.25, 0.3) is 0 Å². The first-order valence-corrected chi connectivity index (χ1v) is 15.6. The minimum Gasteiger partial charge on any atom is -0.267 e. The highest BCUT2D eigenvalue weighted by molar-refractivity contribution is 7.86. The summed E-state index contributed by atoms with van der Waals surface area (Å²) in [5, 5.41) is 0. The Morgan fingerprint density at radius 1 is 0.875 bits per heavy atom. The predicted molar refractivity (Wildman–Crippen MR) is 133 cm³/mol. The van der Waals surface area contributed by atoms with Gasteiger partial charge in [-0.15, -0.1) is 0 Å². The minimum atomic E-state index is -3.35. The van der Waals surface area contributed by atoms with E-state index in [1.807, 2.05) is 0 Å². The average molecular weight is 467 g/mol. The van der Waals surface area contributed by atoms with Crippen molar-refractivity contribution in [1.29, 1.82) is 0 Å². The van der Waals surface area contributed by atoms with Crippen molar-refractivity contribution >= 4 is 10.1 Å². The van der Waals surface area contributed by atoms with Crippen LogP contribution in [-0.2, 0) is 14.3 Å². The van der Waals surface area contributed by atoms with Gasteiger partial charge >= 0.3 is 0 Å². The lowest BCUT2D eigenvalue weighted by Gasteiger charge is -2.61. The fourth-order valence-corrected chi connectivity index (χ4v) is 10.2. The summed E-state index contributed by atoms with van der Waals surface area (Å²) in [7, 11) is -3.35. The fourth-order valence-electron chi connectivity index (χ4n) is 9.58. The second kappa shape index (κ2) is 9.17. The van der Waals surface area contributed by atoms with Gasteiger partial charge in [0, 0.05) is 0 Å². The van der Waals surface area contributed by atoms with Crippen LogP contribution in [0.15, 0.2) is 0 Å². The molecular weight excluding hydrogens is 416 g/mol. The van der Waals surface area contributed by atoms with E-state index in [4.69, 9.17) is 4.18 Å². The molecule has 3 nitrogen and oxygen atoms in total. The molecule has 0 unspecified atom stereocenters. The van der Waals surface area contributed by atoms with E-state index < -0.39 is 10.1 Å². The molecule has 4 fully saturated rings. The van der Waals surface area contributed by atoms with Crippen LogP contribution < -0.4 is 0 Å². The number of rotatable bonds is 7. The summed E-state index contributed by atoms with van der Waals surface area (Å²) in [6.45, 7) is 12.5. The van der Waals surface area contributed by atoms with Crippen molar-refractivity contribution in [2.24, 2.45) is 52.3 Å². The van der Waals surface area contributed by atoms with Gasteiger partial charge in [-0.2, -0.15) is 8.42 Å². The third-order valence-electron chi connectivity index (χ3n) is 11.1. The maximum absolute atomic E-state index is 11.7. The molecule has 0 saturated heterocycles. The maximum Gasteiger partial charge on any atom is 0.264 e. The first-order valence-electron chi connectivity index (χ1n) is 13.8. The molecule has 4 aliphatic carbocycles. The van der Waals surface area contributed by atoms with Crippen molar-refractivity contribution in [3.8, 4) is 0 Å². The molecule has 32 heavy (non-hydrogen) atoms. The molecule has 0 spiro atoms. The second-order valence-corrected chi connectivity index (χ2v) is 15.0. The molecule has 4 heteroatoms. The van der Waals surface area contributed by atoms with E-state index in [0.717, 1.165) is 54.8 Å². The maximum atomic E-state index is 11.7. The van der Waals surface area contributed by atoms with Crippen LogP contribution in [-0.4, -0.2) is 20.8 Å². The number of fused-ring (bicyclic) bond motifs is 5. The van der Waals surface area contributed by atoms with Gasteiger partial charge in [0.15, 0.2) is 0 Å². The number of hydrogen-bond donors (Lipinski definition) is 0. The zero-order chi connectivity index (χ0) is 23.3. The Bertz CT molecular complexity index is 761. The van der Waals surface area contributed by atoms with Crippen LogP contribution in [0.5, 0.6) is 0 Å². The lowest BCUT2D eigenvalue weighted by Crippen LogP contribution is -2.54. The Kier molecular flexibility index (Phi) is 7.17. The van der Waals surface area contributed by atoms with E-state index in [1.165, 1.54) is 64.0 Å². The SMILES string of the molecule is CC(C)CCC[C@H](C)[C@H]1CC[C@H]2[C@@H]3CC[C@@H]4C[C@@H](OS(C)(=O)=O)CC[C@]4(C)[C@H]3CC[C@]12C. The zero-order valence-corrected chi connectivity index (χ0v) is 22.6. The van der Waals surface area contributed by atoms with Crippen molar-refractivity contribution in [3.05, 3.63) is 0 Å². The van der Waals surface area contributed by atoms with Gasteiger partial charge in [0.1, 0.15) is 0 Å². The third-order valence-corrected chi connectivity index (χ3v) is 11.8. The van der Waals surface area contributed by atoms with E-state index in [2.05, 4.69) is 34.6 Å². The van der Waals surface area contributed by atoms with E-state index in [9.17, 15) is 8.42 Å². The average Bonchev–Trinajstić information content (AvgIpc) is 3.04. The molecule has 4 rings (SSSR count). The summed E-state index contributed by atoms with van der Waals surface area (Å²) in [6.07, 6.45) is 16.7. The van der Waals surface area contributed by atoms with E-state index in [1.54, 1.807) is 0 Å². The van der Waals surface area contributed by atoms with Crippen molar-refractivity contribution < 1.29 is 12.6 Å². The summed E-state index contributed by atoms with van der Waals surface area (Å²) in [4.78, 5) is 0. The molecule has 0 heterocycles. The molecule has 4 saturated carbocycles. The summed E-state index contributed by atoms with van der Waals surface area (Å²) in [6, 6.07) is 0. The summed E-state index contributed by atoms with van der Waals surface area (Å²) >= 11 is 0. The van der Waals surface area contributed by atoms with Crippen LogP contribution in [0, 0.1) is 52.3 Å². The highest BCUT2D eigenvalue weighted by Gasteiger charge is 2.60. The molecule has 0 aromatic heterocycles. The minimum absolute atomic E-state index is 0.0870. The van der Waals surface area contributed by atoms with Gasteiger partial charge in [-0.25, -0.2) is 0 Å². The summed E-state index contributed by atoms with van der Waals surface area (Å²) < 4.78 is 28.8. The van der Waals surface area contributed by atoms with E-state index in [0.29, 0.717) is 16.7 Å². The Labute approximate surface area is 199 Å². The first kappa shape index (κ1) is 25.0. The van der Waals surface area contributed by atoms with Gasteiger partial charge in [-0.1, -0.05) is 53.9 Å². The smallest absolute Gasteiger partial charge is 0.264 e. The molecule has 0 aromatic rings. The quantitative estimate of drug-likeness (QED) is 0.366. The number of hydrogen-bond acceptors (Lipinski definition) is 3. The van der Waals surface area contributed by atoms with Gasteiger partial charge in [0.25, 0.3) is 10.1 Å². The van der Waals surface area contributed by atoms with Gasteiger partial charge in [-0.05, 0) is 110 Å². The van der Waals surface area contributed by atoms with Crippen molar-refractivity contribution in [1.82, 2.24) is 0 Å². The van der Waals surface area contributed by atoms with Gasteiger partial charge in [0.05, 0.1) is 12.4 Å². The van der Waals surface area contributed by atoms with E-state index >= 15 is 0 Å². The van der Waals surface area contributed by atoms with Crippen LogP contribution in [0.2, 0.25) is 0 Å². The Hall–Kier alpha value is -0.0900. The van der Waals surface area contributed by atoms with Crippen molar-refractivity contribution in [2.45, 2.75) is 118 Å². The predicted octanol–water partition coefficient (Wildman–Crippen LogP) is 7.45. The topological polar surface area (TPSA) is 43.4 Å². The molecule has 186 valence electrons. The Morgan fingerprint density at radius 3 is 2.25 bits per heavy atom. The highest BCUT2D eigenvalue weighted by Crippen LogP contribution is 2.68. The molecule has 0 amide bonds. The van der Waals surface area contributed by atoms with Gasteiger partial charge < -0.3 is 0 Å². The molecular formula is C28H50O3S. The summed E-state index contributed by atoms with van der Waals surface area (Å²) in [5.74, 6) is 5.92. The molecule has 0 aliphatic heterocycles. The Balaban J connectivity index is 1.43. The molecule has 4 aliphatic rings. The van der Waals surface area contributed by atoms with Crippen LogP contribution >= 0.6 is 0 Å². The molecule has 9 atom stereocenters.